The molecular weight excluding hydrogens is 318 g/mol. The van der Waals surface area contributed by atoms with Crippen molar-refractivity contribution in [1.82, 2.24) is 5.32 Å². The van der Waals surface area contributed by atoms with Crippen LogP contribution in [0.2, 0.25) is 0 Å². The number of halogens is 1. The summed E-state index contributed by atoms with van der Waals surface area (Å²) in [6.45, 7) is 11.7. The molecule has 0 fully saturated rings. The van der Waals surface area contributed by atoms with Crippen LogP contribution in [-0.2, 0) is 6.42 Å². The van der Waals surface area contributed by atoms with Gasteiger partial charge in [-0.1, -0.05) is 20.8 Å². The van der Waals surface area contributed by atoms with Crippen molar-refractivity contribution in [2.75, 3.05) is 0 Å². The lowest BCUT2D eigenvalue weighted by molar-refractivity contribution is 0.216. The lowest BCUT2D eigenvalue weighted by Crippen LogP contribution is -2.45. The Hall–Kier alpha value is 0.140. The van der Waals surface area contributed by atoms with Crippen LogP contribution in [0.25, 0.3) is 0 Å². The van der Waals surface area contributed by atoms with Crippen molar-refractivity contribution in [2.45, 2.75) is 71.9 Å². The largest absolute Gasteiger partial charge is 0.305 e. The van der Waals surface area contributed by atoms with Gasteiger partial charge in [0, 0.05) is 16.5 Å². The number of hydrogen-bond acceptors (Lipinski definition) is 2. The first-order valence-electron chi connectivity index (χ1n) is 7.22. The summed E-state index contributed by atoms with van der Waals surface area (Å²) in [5.41, 5.74) is 2.08. The minimum absolute atomic E-state index is 0.186. The highest BCUT2D eigenvalue weighted by Crippen LogP contribution is 2.39. The van der Waals surface area contributed by atoms with Crippen LogP contribution in [0.5, 0.6) is 0 Å². The van der Waals surface area contributed by atoms with Crippen LogP contribution in [0.15, 0.2) is 9.85 Å². The molecule has 1 unspecified atom stereocenters. The molecule has 0 aromatic carbocycles. The monoisotopic (exact) mass is 343 g/mol. The van der Waals surface area contributed by atoms with E-state index in [1.165, 1.54) is 35.0 Å². The van der Waals surface area contributed by atoms with Crippen LogP contribution in [0.3, 0.4) is 0 Å². The molecule has 1 aromatic rings. The number of nitrogens with one attached hydrogen (secondary N) is 1. The van der Waals surface area contributed by atoms with E-state index in [1.807, 2.05) is 11.3 Å². The molecule has 0 saturated carbocycles. The summed E-state index contributed by atoms with van der Waals surface area (Å²) in [4.78, 5) is 1.57. The van der Waals surface area contributed by atoms with E-state index in [0.29, 0.717) is 11.5 Å². The SMILES string of the molecule is CC(C)(C)CC(C)(C)NC1CCCc2sc(Br)cc21. The minimum Gasteiger partial charge on any atom is -0.305 e. The van der Waals surface area contributed by atoms with Crippen molar-refractivity contribution in [3.8, 4) is 0 Å². The predicted molar refractivity (Wildman–Crippen MR) is 89.0 cm³/mol. The van der Waals surface area contributed by atoms with Crippen LogP contribution in [0.4, 0.5) is 0 Å². The van der Waals surface area contributed by atoms with Crippen LogP contribution in [0, 0.1) is 5.41 Å². The normalized spacial score (nSPS) is 20.4. The molecule has 0 amide bonds. The van der Waals surface area contributed by atoms with Gasteiger partial charge in [-0.25, -0.2) is 0 Å². The average Bonchev–Trinajstić information content (AvgIpc) is 2.54. The van der Waals surface area contributed by atoms with E-state index in [4.69, 9.17) is 0 Å². The van der Waals surface area contributed by atoms with Gasteiger partial charge in [-0.05, 0) is 72.5 Å². The van der Waals surface area contributed by atoms with Gasteiger partial charge in [0.2, 0.25) is 0 Å². The third kappa shape index (κ3) is 4.30. The number of hydrogen-bond donors (Lipinski definition) is 1. The van der Waals surface area contributed by atoms with E-state index in [1.54, 1.807) is 4.88 Å². The zero-order valence-corrected chi connectivity index (χ0v) is 15.2. The molecule has 0 spiro atoms. The summed E-state index contributed by atoms with van der Waals surface area (Å²) in [7, 11) is 0. The Morgan fingerprint density at radius 2 is 2.00 bits per heavy atom. The molecule has 1 aliphatic carbocycles. The van der Waals surface area contributed by atoms with Gasteiger partial charge in [0.15, 0.2) is 0 Å². The van der Waals surface area contributed by atoms with Gasteiger partial charge in [0.05, 0.1) is 3.79 Å². The summed E-state index contributed by atoms with van der Waals surface area (Å²) in [5, 5.41) is 3.91. The molecule has 0 bridgehead atoms. The molecule has 2 rings (SSSR count). The molecule has 0 aliphatic heterocycles. The van der Waals surface area contributed by atoms with E-state index >= 15 is 0 Å². The van der Waals surface area contributed by atoms with Crippen molar-refractivity contribution < 1.29 is 0 Å². The van der Waals surface area contributed by atoms with Gasteiger partial charge < -0.3 is 5.32 Å². The number of aryl methyl sites for hydroxylation is 1. The van der Waals surface area contributed by atoms with Crippen molar-refractivity contribution in [2.24, 2.45) is 5.41 Å². The Kier molecular flexibility index (Phi) is 4.49. The van der Waals surface area contributed by atoms with Crippen LogP contribution in [0.1, 0.15) is 70.4 Å². The minimum atomic E-state index is 0.186. The number of fused-ring (bicyclic) bond motifs is 1. The Morgan fingerprint density at radius 1 is 1.32 bits per heavy atom. The summed E-state index contributed by atoms with van der Waals surface area (Å²) < 4.78 is 1.28. The van der Waals surface area contributed by atoms with Crippen molar-refractivity contribution in [3.63, 3.8) is 0 Å². The Labute approximate surface area is 130 Å². The molecule has 1 N–H and O–H groups in total. The van der Waals surface area contributed by atoms with Gasteiger partial charge in [-0.2, -0.15) is 0 Å². The highest BCUT2D eigenvalue weighted by atomic mass is 79.9. The first kappa shape index (κ1) is 15.5. The quantitative estimate of drug-likeness (QED) is 0.742. The molecule has 108 valence electrons. The van der Waals surface area contributed by atoms with E-state index < -0.39 is 0 Å². The predicted octanol–water partition coefficient (Wildman–Crippen LogP) is 5.69. The maximum Gasteiger partial charge on any atom is 0.0704 e. The molecule has 1 atom stereocenters. The molecule has 1 heterocycles. The number of thiophene rings is 1. The van der Waals surface area contributed by atoms with E-state index in [9.17, 15) is 0 Å². The van der Waals surface area contributed by atoms with Crippen molar-refractivity contribution in [3.05, 3.63) is 20.3 Å². The van der Waals surface area contributed by atoms with Crippen molar-refractivity contribution in [1.29, 1.82) is 0 Å². The van der Waals surface area contributed by atoms with Crippen LogP contribution < -0.4 is 5.32 Å². The van der Waals surface area contributed by atoms with Gasteiger partial charge in [-0.15, -0.1) is 11.3 Å². The van der Waals surface area contributed by atoms with Gasteiger partial charge in [-0.3, -0.25) is 0 Å². The smallest absolute Gasteiger partial charge is 0.0704 e. The van der Waals surface area contributed by atoms with Gasteiger partial charge in [0.1, 0.15) is 0 Å². The zero-order valence-electron chi connectivity index (χ0n) is 12.8. The highest BCUT2D eigenvalue weighted by molar-refractivity contribution is 9.11. The fourth-order valence-corrected chi connectivity index (χ4v) is 5.34. The second-order valence-electron chi connectivity index (χ2n) is 7.64. The van der Waals surface area contributed by atoms with Crippen molar-refractivity contribution >= 4 is 27.3 Å². The summed E-state index contributed by atoms with van der Waals surface area (Å²) >= 11 is 5.55. The molecular formula is C16H26BrNS. The highest BCUT2D eigenvalue weighted by Gasteiger charge is 2.31. The molecule has 0 radical (unpaired) electrons. The maximum absolute atomic E-state index is 3.91. The first-order valence-corrected chi connectivity index (χ1v) is 8.83. The van der Waals surface area contributed by atoms with E-state index in [0.717, 1.165) is 0 Å². The number of rotatable bonds is 3. The van der Waals surface area contributed by atoms with E-state index in [2.05, 4.69) is 61.9 Å². The standard InChI is InChI=1S/C16H26BrNS/c1-15(2,3)10-16(4,5)18-12-7-6-8-13-11(12)9-14(17)19-13/h9,12,18H,6-8,10H2,1-5H3. The Balaban J connectivity index is 2.12. The first-order chi connectivity index (χ1) is 8.66. The average molecular weight is 344 g/mol. The molecule has 19 heavy (non-hydrogen) atoms. The topological polar surface area (TPSA) is 12.0 Å². The molecule has 0 saturated heterocycles. The zero-order chi connectivity index (χ0) is 14.3. The van der Waals surface area contributed by atoms with Crippen LogP contribution in [-0.4, -0.2) is 5.54 Å². The summed E-state index contributed by atoms with van der Waals surface area (Å²) in [5.74, 6) is 0. The lowest BCUT2D eigenvalue weighted by atomic mass is 9.80. The molecule has 1 aliphatic rings. The summed E-state index contributed by atoms with van der Waals surface area (Å²) in [6, 6.07) is 2.85. The third-order valence-electron chi connectivity index (χ3n) is 3.62. The lowest BCUT2D eigenvalue weighted by Gasteiger charge is -2.38. The fourth-order valence-electron chi connectivity index (χ4n) is 3.52. The molecule has 1 aromatic heterocycles. The summed E-state index contributed by atoms with van der Waals surface area (Å²) in [6.07, 6.45) is 5.02. The van der Waals surface area contributed by atoms with Crippen LogP contribution >= 0.6 is 27.3 Å². The maximum atomic E-state index is 3.91. The second kappa shape index (κ2) is 5.50. The van der Waals surface area contributed by atoms with Gasteiger partial charge >= 0.3 is 0 Å². The Morgan fingerprint density at radius 3 is 2.63 bits per heavy atom. The van der Waals surface area contributed by atoms with E-state index in [-0.39, 0.29) is 5.54 Å². The Bertz CT molecular complexity index is 442. The third-order valence-corrected chi connectivity index (χ3v) is 5.33. The molecule has 1 nitrogen and oxygen atoms in total. The second-order valence-corrected chi connectivity index (χ2v) is 10.2. The fraction of sp³-hybridized carbons (Fsp3) is 0.750. The molecule has 3 heteroatoms. The van der Waals surface area contributed by atoms with Gasteiger partial charge in [0.25, 0.3) is 0 Å².